The SMILES string of the molecule is O=C(O)C1CC1C(=O)NCCCc1nc2ccccc2s1. The Morgan fingerprint density at radius 3 is 2.86 bits per heavy atom. The van der Waals surface area contributed by atoms with E-state index >= 15 is 0 Å². The summed E-state index contributed by atoms with van der Waals surface area (Å²) in [5, 5.41) is 12.7. The molecule has 1 saturated carbocycles. The third-order valence-electron chi connectivity index (χ3n) is 3.65. The summed E-state index contributed by atoms with van der Waals surface area (Å²) in [4.78, 5) is 26.9. The van der Waals surface area contributed by atoms with Gasteiger partial charge in [0.1, 0.15) is 0 Å². The van der Waals surface area contributed by atoms with Crippen LogP contribution in [0.1, 0.15) is 17.8 Å². The third-order valence-corrected chi connectivity index (χ3v) is 4.75. The van der Waals surface area contributed by atoms with Gasteiger partial charge in [0, 0.05) is 13.0 Å². The molecule has 2 unspecified atom stereocenters. The minimum Gasteiger partial charge on any atom is -0.481 e. The van der Waals surface area contributed by atoms with Crippen LogP contribution < -0.4 is 5.32 Å². The fourth-order valence-electron chi connectivity index (χ4n) is 2.37. The van der Waals surface area contributed by atoms with Crippen LogP contribution in [0.4, 0.5) is 0 Å². The summed E-state index contributed by atoms with van der Waals surface area (Å²) in [6.45, 7) is 0.567. The summed E-state index contributed by atoms with van der Waals surface area (Å²) in [6, 6.07) is 8.02. The fourth-order valence-corrected chi connectivity index (χ4v) is 3.38. The van der Waals surface area contributed by atoms with E-state index in [-0.39, 0.29) is 11.8 Å². The molecule has 1 aromatic heterocycles. The number of amides is 1. The topological polar surface area (TPSA) is 79.3 Å². The number of carboxylic acids is 1. The van der Waals surface area contributed by atoms with E-state index in [0.29, 0.717) is 13.0 Å². The zero-order chi connectivity index (χ0) is 14.8. The Hall–Kier alpha value is -1.95. The second-order valence-electron chi connectivity index (χ2n) is 5.26. The molecule has 2 atom stereocenters. The summed E-state index contributed by atoms with van der Waals surface area (Å²) in [6.07, 6.45) is 2.11. The van der Waals surface area contributed by atoms with Crippen molar-refractivity contribution in [3.8, 4) is 0 Å². The van der Waals surface area contributed by atoms with Crippen LogP contribution in [0.15, 0.2) is 24.3 Å². The number of carbonyl (C=O) groups is 2. The standard InChI is InChI=1S/C15H16N2O3S/c18-14(9-8-10(9)15(19)20)16-7-3-6-13-17-11-4-1-2-5-12(11)21-13/h1-2,4-5,9-10H,3,6-8H2,(H,16,18)(H,19,20). The molecule has 6 heteroatoms. The van der Waals surface area contributed by atoms with Crippen molar-refractivity contribution in [2.24, 2.45) is 11.8 Å². The Labute approximate surface area is 126 Å². The summed E-state index contributed by atoms with van der Waals surface area (Å²) in [5.41, 5.74) is 1.02. The summed E-state index contributed by atoms with van der Waals surface area (Å²) >= 11 is 1.68. The first-order chi connectivity index (χ1) is 10.1. The number of aryl methyl sites for hydroxylation is 1. The number of benzene rings is 1. The summed E-state index contributed by atoms with van der Waals surface area (Å²) in [5.74, 6) is -1.81. The lowest BCUT2D eigenvalue weighted by molar-refractivity contribution is -0.140. The van der Waals surface area contributed by atoms with Crippen LogP contribution in [0.3, 0.4) is 0 Å². The first kappa shape index (κ1) is 14.0. The van der Waals surface area contributed by atoms with Crippen molar-refractivity contribution < 1.29 is 14.7 Å². The van der Waals surface area contributed by atoms with Gasteiger partial charge in [-0.3, -0.25) is 9.59 Å². The molecule has 1 aliphatic rings. The molecular weight excluding hydrogens is 288 g/mol. The van der Waals surface area contributed by atoms with E-state index in [0.717, 1.165) is 23.4 Å². The predicted octanol–water partition coefficient (Wildman–Crippen LogP) is 2.07. The van der Waals surface area contributed by atoms with Crippen molar-refractivity contribution in [2.75, 3.05) is 6.54 Å². The number of thiazole rings is 1. The molecule has 2 aromatic rings. The zero-order valence-electron chi connectivity index (χ0n) is 11.4. The Balaban J connectivity index is 1.42. The fraction of sp³-hybridized carbons (Fsp3) is 0.400. The average molecular weight is 304 g/mol. The Bertz CT molecular complexity index is 649. The van der Waals surface area contributed by atoms with Crippen molar-refractivity contribution in [3.63, 3.8) is 0 Å². The number of nitrogens with one attached hydrogen (secondary N) is 1. The number of para-hydroxylation sites is 1. The molecule has 0 bridgehead atoms. The quantitative estimate of drug-likeness (QED) is 0.801. The number of carboxylic acid groups (broad SMARTS) is 1. The van der Waals surface area contributed by atoms with Crippen LogP contribution in [0.25, 0.3) is 10.2 Å². The molecule has 2 N–H and O–H groups in total. The smallest absolute Gasteiger partial charge is 0.307 e. The van der Waals surface area contributed by atoms with Crippen LogP contribution in [-0.2, 0) is 16.0 Å². The van der Waals surface area contributed by atoms with E-state index in [2.05, 4.69) is 16.4 Å². The van der Waals surface area contributed by atoms with Crippen molar-refractivity contribution in [1.82, 2.24) is 10.3 Å². The zero-order valence-corrected chi connectivity index (χ0v) is 12.2. The highest BCUT2D eigenvalue weighted by atomic mass is 32.1. The average Bonchev–Trinajstić information content (AvgIpc) is 3.17. The molecule has 1 aromatic carbocycles. The van der Waals surface area contributed by atoms with Crippen molar-refractivity contribution in [2.45, 2.75) is 19.3 Å². The van der Waals surface area contributed by atoms with Crippen LogP contribution in [0, 0.1) is 11.8 Å². The lowest BCUT2D eigenvalue weighted by Gasteiger charge is -2.02. The third kappa shape index (κ3) is 3.21. The Morgan fingerprint density at radius 1 is 1.33 bits per heavy atom. The number of rotatable bonds is 6. The van der Waals surface area contributed by atoms with E-state index in [1.165, 1.54) is 4.70 Å². The van der Waals surface area contributed by atoms with E-state index in [1.54, 1.807) is 11.3 Å². The highest BCUT2D eigenvalue weighted by Crippen LogP contribution is 2.38. The first-order valence-corrected chi connectivity index (χ1v) is 7.82. The number of fused-ring (bicyclic) bond motifs is 1. The highest BCUT2D eigenvalue weighted by molar-refractivity contribution is 7.18. The van der Waals surface area contributed by atoms with Gasteiger partial charge in [0.25, 0.3) is 0 Å². The number of aromatic nitrogens is 1. The van der Waals surface area contributed by atoms with Gasteiger partial charge in [-0.2, -0.15) is 0 Å². The van der Waals surface area contributed by atoms with Crippen LogP contribution in [-0.4, -0.2) is 28.5 Å². The van der Waals surface area contributed by atoms with E-state index in [1.807, 2.05) is 18.2 Å². The minimum absolute atomic E-state index is 0.133. The predicted molar refractivity (Wildman–Crippen MR) is 80.2 cm³/mol. The Morgan fingerprint density at radius 2 is 2.14 bits per heavy atom. The minimum atomic E-state index is -0.871. The molecule has 110 valence electrons. The number of hydrogen-bond donors (Lipinski definition) is 2. The molecule has 1 heterocycles. The normalized spacial score (nSPS) is 20.4. The molecule has 1 amide bonds. The van der Waals surface area contributed by atoms with Crippen molar-refractivity contribution >= 4 is 33.4 Å². The van der Waals surface area contributed by atoms with Crippen molar-refractivity contribution in [1.29, 1.82) is 0 Å². The van der Waals surface area contributed by atoms with E-state index in [9.17, 15) is 9.59 Å². The van der Waals surface area contributed by atoms with Gasteiger partial charge in [-0.1, -0.05) is 12.1 Å². The summed E-state index contributed by atoms with van der Waals surface area (Å²) < 4.78 is 1.18. The lowest BCUT2D eigenvalue weighted by Crippen LogP contribution is -2.27. The van der Waals surface area contributed by atoms with Crippen LogP contribution in [0.5, 0.6) is 0 Å². The first-order valence-electron chi connectivity index (χ1n) is 7.00. The van der Waals surface area contributed by atoms with E-state index in [4.69, 9.17) is 5.11 Å². The summed E-state index contributed by atoms with van der Waals surface area (Å²) in [7, 11) is 0. The monoisotopic (exact) mass is 304 g/mol. The van der Waals surface area contributed by atoms with Crippen LogP contribution in [0.2, 0.25) is 0 Å². The number of aliphatic carboxylic acids is 1. The molecule has 1 aliphatic carbocycles. The molecule has 1 fully saturated rings. The molecule has 21 heavy (non-hydrogen) atoms. The molecular formula is C15H16N2O3S. The second-order valence-corrected chi connectivity index (χ2v) is 6.37. The van der Waals surface area contributed by atoms with Gasteiger partial charge >= 0.3 is 5.97 Å². The largest absolute Gasteiger partial charge is 0.481 e. The molecule has 0 spiro atoms. The number of hydrogen-bond acceptors (Lipinski definition) is 4. The van der Waals surface area contributed by atoms with Crippen LogP contribution >= 0.6 is 11.3 Å². The molecule has 5 nitrogen and oxygen atoms in total. The van der Waals surface area contributed by atoms with Gasteiger partial charge in [0.15, 0.2) is 0 Å². The van der Waals surface area contributed by atoms with Gasteiger partial charge < -0.3 is 10.4 Å². The molecule has 3 rings (SSSR count). The van der Waals surface area contributed by atoms with Gasteiger partial charge in [-0.15, -0.1) is 11.3 Å². The number of carbonyl (C=O) groups excluding carboxylic acids is 1. The molecule has 0 saturated heterocycles. The lowest BCUT2D eigenvalue weighted by atomic mass is 10.2. The van der Waals surface area contributed by atoms with Gasteiger partial charge in [0.2, 0.25) is 5.91 Å². The maximum absolute atomic E-state index is 11.7. The van der Waals surface area contributed by atoms with Gasteiger partial charge in [-0.25, -0.2) is 4.98 Å². The van der Waals surface area contributed by atoms with Gasteiger partial charge in [-0.05, 0) is 25.0 Å². The molecule has 0 aliphatic heterocycles. The maximum atomic E-state index is 11.7. The molecule has 0 radical (unpaired) electrons. The van der Waals surface area contributed by atoms with Gasteiger partial charge in [0.05, 0.1) is 27.1 Å². The maximum Gasteiger partial charge on any atom is 0.307 e. The van der Waals surface area contributed by atoms with Crippen molar-refractivity contribution in [3.05, 3.63) is 29.3 Å². The second kappa shape index (κ2) is 5.81. The van der Waals surface area contributed by atoms with E-state index < -0.39 is 11.9 Å². The highest BCUT2D eigenvalue weighted by Gasteiger charge is 2.48. The Kier molecular flexibility index (Phi) is 3.88. The number of nitrogens with zero attached hydrogens (tertiary/aromatic N) is 1.